The molecule has 1 fully saturated rings. The van der Waals surface area contributed by atoms with Gasteiger partial charge in [0.15, 0.2) is 0 Å². The van der Waals surface area contributed by atoms with Crippen molar-refractivity contribution in [1.82, 2.24) is 15.1 Å². The molecule has 0 saturated carbocycles. The van der Waals surface area contributed by atoms with Crippen molar-refractivity contribution in [3.8, 4) is 0 Å². The fourth-order valence-electron chi connectivity index (χ4n) is 2.79. The van der Waals surface area contributed by atoms with Crippen molar-refractivity contribution in [2.24, 2.45) is 0 Å². The summed E-state index contributed by atoms with van der Waals surface area (Å²) in [6.45, 7) is 5.67. The van der Waals surface area contributed by atoms with Crippen LogP contribution in [0.1, 0.15) is 10.4 Å². The molecule has 1 aromatic carbocycles. The molecule has 0 atom stereocenters. The highest BCUT2D eigenvalue weighted by Crippen LogP contribution is 2.13. The summed E-state index contributed by atoms with van der Waals surface area (Å²) in [5, 5.41) is 5.01. The molecule has 1 N–H and O–H groups in total. The Labute approximate surface area is 145 Å². The Bertz CT molecular complexity index is 637. The summed E-state index contributed by atoms with van der Waals surface area (Å²) in [5.41, 5.74) is 0.908. The SMILES string of the molecule is O=C(CN1CCN(Cc2cccs2)CC1)NCc1ccc(F)cc1. The number of nitrogens with one attached hydrogen (secondary N) is 1. The lowest BCUT2D eigenvalue weighted by Gasteiger charge is -2.34. The standard InChI is InChI=1S/C18H22FN3OS/c19-16-5-3-15(4-6-16)12-20-18(23)14-22-9-7-21(8-10-22)13-17-2-1-11-24-17/h1-6,11H,7-10,12-14H2,(H,20,23). The van der Waals surface area contributed by atoms with Crippen molar-refractivity contribution in [1.29, 1.82) is 0 Å². The van der Waals surface area contributed by atoms with Crippen LogP contribution in [0.2, 0.25) is 0 Å². The predicted octanol–water partition coefficient (Wildman–Crippen LogP) is 2.32. The lowest BCUT2D eigenvalue weighted by molar-refractivity contribution is -0.122. The molecule has 6 heteroatoms. The first-order valence-electron chi connectivity index (χ1n) is 8.17. The maximum atomic E-state index is 12.8. The molecule has 1 saturated heterocycles. The fraction of sp³-hybridized carbons (Fsp3) is 0.389. The number of rotatable bonds is 6. The number of amides is 1. The molecule has 1 amide bonds. The van der Waals surface area contributed by atoms with Gasteiger partial charge in [-0.2, -0.15) is 0 Å². The minimum absolute atomic E-state index is 0.0195. The molecule has 1 aromatic heterocycles. The number of hydrogen-bond donors (Lipinski definition) is 1. The fourth-order valence-corrected chi connectivity index (χ4v) is 3.54. The lowest BCUT2D eigenvalue weighted by Crippen LogP contribution is -2.48. The van der Waals surface area contributed by atoms with Crippen molar-refractivity contribution in [3.63, 3.8) is 0 Å². The molecule has 24 heavy (non-hydrogen) atoms. The molecule has 0 unspecified atom stereocenters. The maximum Gasteiger partial charge on any atom is 0.234 e. The van der Waals surface area contributed by atoms with Crippen LogP contribution in [0.5, 0.6) is 0 Å². The van der Waals surface area contributed by atoms with Gasteiger partial charge in [-0.1, -0.05) is 18.2 Å². The minimum Gasteiger partial charge on any atom is -0.351 e. The summed E-state index contributed by atoms with van der Waals surface area (Å²) in [5.74, 6) is -0.239. The summed E-state index contributed by atoms with van der Waals surface area (Å²) < 4.78 is 12.8. The smallest absolute Gasteiger partial charge is 0.234 e. The monoisotopic (exact) mass is 347 g/mol. The Morgan fingerprint density at radius 3 is 2.46 bits per heavy atom. The molecule has 3 rings (SSSR count). The molecule has 4 nitrogen and oxygen atoms in total. The van der Waals surface area contributed by atoms with Crippen molar-refractivity contribution in [3.05, 3.63) is 58.0 Å². The normalized spacial score (nSPS) is 16.2. The molecule has 0 radical (unpaired) electrons. The molecular formula is C18H22FN3OS. The Morgan fingerprint density at radius 1 is 1.08 bits per heavy atom. The molecule has 0 spiro atoms. The highest BCUT2D eigenvalue weighted by molar-refractivity contribution is 7.09. The lowest BCUT2D eigenvalue weighted by atomic mass is 10.2. The largest absolute Gasteiger partial charge is 0.351 e. The van der Waals surface area contributed by atoms with Crippen LogP contribution in [0, 0.1) is 5.82 Å². The Kier molecular flexibility index (Phi) is 5.96. The average Bonchev–Trinajstić information content (AvgIpc) is 3.09. The van der Waals surface area contributed by atoms with E-state index in [-0.39, 0.29) is 11.7 Å². The molecule has 1 aliphatic heterocycles. The first-order chi connectivity index (χ1) is 11.7. The van der Waals surface area contributed by atoms with Gasteiger partial charge in [0, 0.05) is 44.1 Å². The summed E-state index contributed by atoms with van der Waals surface area (Å²) in [6, 6.07) is 10.5. The molecular weight excluding hydrogens is 325 g/mol. The van der Waals surface area contributed by atoms with E-state index in [1.165, 1.54) is 17.0 Å². The van der Waals surface area contributed by atoms with Gasteiger partial charge in [-0.25, -0.2) is 4.39 Å². The Morgan fingerprint density at radius 2 is 1.79 bits per heavy atom. The zero-order valence-electron chi connectivity index (χ0n) is 13.6. The van der Waals surface area contributed by atoms with Crippen LogP contribution >= 0.6 is 11.3 Å². The molecule has 0 bridgehead atoms. The zero-order valence-corrected chi connectivity index (χ0v) is 14.4. The van der Waals surface area contributed by atoms with E-state index in [0.717, 1.165) is 38.3 Å². The van der Waals surface area contributed by atoms with E-state index in [9.17, 15) is 9.18 Å². The first kappa shape index (κ1) is 17.1. The third-order valence-electron chi connectivity index (χ3n) is 4.19. The second-order valence-corrected chi connectivity index (χ2v) is 7.07. The maximum absolute atomic E-state index is 12.8. The van der Waals surface area contributed by atoms with Crippen molar-refractivity contribution in [2.45, 2.75) is 13.1 Å². The van der Waals surface area contributed by atoms with E-state index in [0.29, 0.717) is 13.1 Å². The number of hydrogen-bond acceptors (Lipinski definition) is 4. The number of halogens is 1. The molecule has 1 aliphatic rings. The van der Waals surface area contributed by atoms with Gasteiger partial charge in [0.25, 0.3) is 0 Å². The number of nitrogens with zero attached hydrogens (tertiary/aromatic N) is 2. The van der Waals surface area contributed by atoms with Crippen LogP contribution < -0.4 is 5.32 Å². The van der Waals surface area contributed by atoms with Crippen LogP contribution in [0.15, 0.2) is 41.8 Å². The summed E-state index contributed by atoms with van der Waals surface area (Å²) in [4.78, 5) is 18.1. The van der Waals surface area contributed by atoms with E-state index >= 15 is 0 Å². The van der Waals surface area contributed by atoms with Crippen LogP contribution in [0.3, 0.4) is 0 Å². The number of carbonyl (C=O) groups excluding carboxylic acids is 1. The van der Waals surface area contributed by atoms with Gasteiger partial charge in [-0.15, -0.1) is 11.3 Å². The van der Waals surface area contributed by atoms with Crippen molar-refractivity contribution >= 4 is 17.2 Å². The van der Waals surface area contributed by atoms with Crippen molar-refractivity contribution < 1.29 is 9.18 Å². The molecule has 2 aromatic rings. The van der Waals surface area contributed by atoms with Crippen LogP contribution in [-0.2, 0) is 17.9 Å². The van der Waals surface area contributed by atoms with Gasteiger partial charge >= 0.3 is 0 Å². The van der Waals surface area contributed by atoms with Gasteiger partial charge in [0.05, 0.1) is 6.54 Å². The highest BCUT2D eigenvalue weighted by Gasteiger charge is 2.19. The second-order valence-electron chi connectivity index (χ2n) is 6.03. The summed E-state index contributed by atoms with van der Waals surface area (Å²) >= 11 is 1.79. The molecule has 0 aliphatic carbocycles. The van der Waals surface area contributed by atoms with Crippen LogP contribution in [-0.4, -0.2) is 48.4 Å². The van der Waals surface area contributed by atoms with Gasteiger partial charge in [-0.05, 0) is 29.1 Å². The number of carbonyl (C=O) groups is 1. The third-order valence-corrected chi connectivity index (χ3v) is 5.06. The van der Waals surface area contributed by atoms with E-state index < -0.39 is 0 Å². The van der Waals surface area contributed by atoms with Crippen molar-refractivity contribution in [2.75, 3.05) is 32.7 Å². The Hall–Kier alpha value is -1.76. The predicted molar refractivity (Wildman–Crippen MR) is 94.3 cm³/mol. The molecule has 128 valence electrons. The zero-order chi connectivity index (χ0) is 16.8. The average molecular weight is 347 g/mol. The minimum atomic E-state index is -0.259. The summed E-state index contributed by atoms with van der Waals surface area (Å²) in [6.07, 6.45) is 0. The number of benzene rings is 1. The van der Waals surface area contributed by atoms with Crippen LogP contribution in [0.4, 0.5) is 4.39 Å². The van der Waals surface area contributed by atoms with Gasteiger partial charge < -0.3 is 5.32 Å². The number of thiophene rings is 1. The second kappa shape index (κ2) is 8.37. The van der Waals surface area contributed by atoms with E-state index in [4.69, 9.17) is 0 Å². The molecule has 2 heterocycles. The van der Waals surface area contributed by atoms with Crippen LogP contribution in [0.25, 0.3) is 0 Å². The van der Waals surface area contributed by atoms with E-state index in [2.05, 4.69) is 32.6 Å². The van der Waals surface area contributed by atoms with Gasteiger partial charge in [-0.3, -0.25) is 14.6 Å². The van der Waals surface area contributed by atoms with E-state index in [1.54, 1.807) is 23.5 Å². The quantitative estimate of drug-likeness (QED) is 0.871. The van der Waals surface area contributed by atoms with E-state index in [1.807, 2.05) is 0 Å². The third kappa shape index (κ3) is 5.12. The summed E-state index contributed by atoms with van der Waals surface area (Å²) in [7, 11) is 0. The Balaban J connectivity index is 1.36. The number of piperazine rings is 1. The first-order valence-corrected chi connectivity index (χ1v) is 9.05. The van der Waals surface area contributed by atoms with Gasteiger partial charge in [0.2, 0.25) is 5.91 Å². The highest BCUT2D eigenvalue weighted by atomic mass is 32.1. The van der Waals surface area contributed by atoms with Gasteiger partial charge in [0.1, 0.15) is 5.82 Å². The topological polar surface area (TPSA) is 35.6 Å².